The third-order valence-electron chi connectivity index (χ3n) is 13.5. The lowest BCUT2D eigenvalue weighted by Gasteiger charge is -2.35. The minimum Gasteiger partial charge on any atom is -0.309 e. The summed E-state index contributed by atoms with van der Waals surface area (Å²) in [4.78, 5) is 0. The standard InChI is InChI=1S/C60H40N2SSi/c1-3-21-43(22-4-1)64(44-23-5-2-6-24-44,45-25-15-19-41(39-45)61-54-34-11-7-27-47(54)48-28-8-12-35-55(48)61)46-26-16-20-42(40-46)62-56-36-13-9-29-49(56)51-32-17-33-52(60(51)62)50-31-18-38-58-59(50)53-30-10-14-37-57(53)63-58/h1-40H. The van der Waals surface area contributed by atoms with E-state index in [-0.39, 0.29) is 0 Å². The largest absolute Gasteiger partial charge is 0.309 e. The van der Waals surface area contributed by atoms with E-state index in [0.29, 0.717) is 0 Å². The summed E-state index contributed by atoms with van der Waals surface area (Å²) in [5.41, 5.74) is 9.67. The first-order valence-corrected chi connectivity index (χ1v) is 24.8. The van der Waals surface area contributed by atoms with E-state index < -0.39 is 8.07 Å². The van der Waals surface area contributed by atoms with Crippen molar-refractivity contribution in [2.75, 3.05) is 0 Å². The summed E-state index contributed by atoms with van der Waals surface area (Å²) in [5, 5.41) is 13.0. The highest BCUT2D eigenvalue weighted by molar-refractivity contribution is 7.26. The molecule has 3 heterocycles. The molecule has 64 heavy (non-hydrogen) atoms. The molecule has 10 aromatic carbocycles. The van der Waals surface area contributed by atoms with Crippen LogP contribution in [0.4, 0.5) is 0 Å². The van der Waals surface area contributed by atoms with Crippen LogP contribution in [0, 0.1) is 0 Å². The topological polar surface area (TPSA) is 9.86 Å². The van der Waals surface area contributed by atoms with Gasteiger partial charge in [-0.2, -0.15) is 0 Å². The Morgan fingerprint density at radius 2 is 0.719 bits per heavy atom. The molecule has 0 fully saturated rings. The molecule has 4 heteroatoms. The van der Waals surface area contributed by atoms with Gasteiger partial charge in [-0.3, -0.25) is 0 Å². The maximum atomic E-state index is 2.54. The van der Waals surface area contributed by atoms with Crippen molar-refractivity contribution in [2.45, 2.75) is 0 Å². The number of hydrogen-bond acceptors (Lipinski definition) is 1. The summed E-state index contributed by atoms with van der Waals surface area (Å²) >= 11 is 1.88. The van der Waals surface area contributed by atoms with Gasteiger partial charge in [-0.25, -0.2) is 0 Å². The first kappa shape index (κ1) is 36.9. The quantitative estimate of drug-likeness (QED) is 0.112. The number of aromatic nitrogens is 2. The molecule has 0 aliphatic heterocycles. The zero-order valence-corrected chi connectivity index (χ0v) is 36.7. The smallest absolute Gasteiger partial charge is 0.179 e. The van der Waals surface area contributed by atoms with E-state index in [0.717, 1.165) is 11.4 Å². The average molecular weight is 849 g/mol. The van der Waals surface area contributed by atoms with Crippen LogP contribution >= 0.6 is 11.3 Å². The molecule has 300 valence electrons. The van der Waals surface area contributed by atoms with E-state index in [2.05, 4.69) is 252 Å². The molecule has 0 saturated heterocycles. The van der Waals surface area contributed by atoms with Crippen molar-refractivity contribution in [3.05, 3.63) is 243 Å². The molecule has 0 atom stereocenters. The second-order valence-corrected chi connectivity index (χ2v) is 21.7. The molecule has 0 N–H and O–H groups in total. The Morgan fingerprint density at radius 3 is 1.34 bits per heavy atom. The molecule has 0 radical (unpaired) electrons. The number of fused-ring (bicyclic) bond motifs is 9. The highest BCUT2D eigenvalue weighted by atomic mass is 32.1. The van der Waals surface area contributed by atoms with Crippen molar-refractivity contribution in [1.29, 1.82) is 0 Å². The van der Waals surface area contributed by atoms with Gasteiger partial charge >= 0.3 is 0 Å². The Bertz CT molecular complexity index is 3820. The van der Waals surface area contributed by atoms with Gasteiger partial charge in [0.25, 0.3) is 0 Å². The lowest BCUT2D eigenvalue weighted by atomic mass is 9.97. The van der Waals surface area contributed by atoms with Crippen LogP contribution in [0.25, 0.3) is 86.3 Å². The molecule has 0 unspecified atom stereocenters. The van der Waals surface area contributed by atoms with Crippen LogP contribution in [0.2, 0.25) is 0 Å². The summed E-state index contributed by atoms with van der Waals surface area (Å²) < 4.78 is 7.62. The van der Waals surface area contributed by atoms with Crippen LogP contribution in [-0.4, -0.2) is 17.2 Å². The third-order valence-corrected chi connectivity index (χ3v) is 19.3. The van der Waals surface area contributed by atoms with Gasteiger partial charge in [0.05, 0.1) is 22.1 Å². The summed E-state index contributed by atoms with van der Waals surface area (Å²) in [5.74, 6) is 0. The van der Waals surface area contributed by atoms with Gasteiger partial charge in [-0.05, 0) is 80.9 Å². The predicted octanol–water partition coefficient (Wildman–Crippen LogP) is 13.3. The van der Waals surface area contributed by atoms with Gasteiger partial charge in [0.2, 0.25) is 0 Å². The van der Waals surface area contributed by atoms with E-state index in [1.54, 1.807) is 0 Å². The minimum absolute atomic E-state index is 1.15. The van der Waals surface area contributed by atoms with Gasteiger partial charge < -0.3 is 9.13 Å². The van der Waals surface area contributed by atoms with E-state index in [1.165, 1.54) is 95.7 Å². The second-order valence-electron chi connectivity index (χ2n) is 16.8. The molecule has 0 aliphatic carbocycles. The van der Waals surface area contributed by atoms with Gasteiger partial charge in [-0.15, -0.1) is 11.3 Å². The first-order chi connectivity index (χ1) is 31.8. The van der Waals surface area contributed by atoms with Crippen molar-refractivity contribution < 1.29 is 0 Å². The van der Waals surface area contributed by atoms with E-state index in [1.807, 2.05) is 11.3 Å². The lowest BCUT2D eigenvalue weighted by molar-refractivity contribution is 1.18. The molecule has 0 saturated carbocycles. The number of thiophene rings is 1. The Kier molecular flexibility index (Phi) is 8.45. The Hall–Kier alpha value is -7.76. The summed E-state index contributed by atoms with van der Waals surface area (Å²) in [6, 6.07) is 90.7. The fraction of sp³-hybridized carbons (Fsp3) is 0. The van der Waals surface area contributed by atoms with Crippen LogP contribution in [0.1, 0.15) is 0 Å². The summed E-state index contributed by atoms with van der Waals surface area (Å²) in [6.45, 7) is 0. The molecular formula is C60H40N2SSi. The molecule has 13 rings (SSSR count). The van der Waals surface area contributed by atoms with Gasteiger partial charge in [0, 0.05) is 58.7 Å². The first-order valence-electron chi connectivity index (χ1n) is 22.0. The molecule has 0 bridgehead atoms. The Labute approximate surface area is 376 Å². The predicted molar refractivity (Wildman–Crippen MR) is 277 cm³/mol. The van der Waals surface area contributed by atoms with E-state index in [9.17, 15) is 0 Å². The Morgan fingerprint density at radius 1 is 0.297 bits per heavy atom. The maximum Gasteiger partial charge on any atom is 0.179 e. The molecule has 13 aromatic rings. The van der Waals surface area contributed by atoms with E-state index >= 15 is 0 Å². The van der Waals surface area contributed by atoms with Crippen molar-refractivity contribution in [3.63, 3.8) is 0 Å². The van der Waals surface area contributed by atoms with Crippen LogP contribution in [0.5, 0.6) is 0 Å². The normalized spacial score (nSPS) is 12.1. The molecule has 3 aromatic heterocycles. The number of hydrogen-bond donors (Lipinski definition) is 0. The number of nitrogens with zero attached hydrogens (tertiary/aromatic N) is 2. The van der Waals surface area contributed by atoms with Crippen molar-refractivity contribution in [1.82, 2.24) is 9.13 Å². The highest BCUT2D eigenvalue weighted by Crippen LogP contribution is 2.44. The number of benzene rings is 10. The SMILES string of the molecule is c1ccc([Si](c2ccccc2)(c2cccc(-n3c4ccccc4c4ccccc43)c2)c2cccc(-n3c4ccccc4c4cccc(-c5cccc6sc7ccccc7c56)c43)c2)cc1. The molecule has 0 amide bonds. The lowest BCUT2D eigenvalue weighted by Crippen LogP contribution is -2.74. The number of para-hydroxylation sites is 4. The Balaban J connectivity index is 1.10. The summed E-state index contributed by atoms with van der Waals surface area (Å²) in [6.07, 6.45) is 0. The van der Waals surface area contributed by atoms with E-state index in [4.69, 9.17) is 0 Å². The fourth-order valence-electron chi connectivity index (χ4n) is 10.8. The van der Waals surface area contributed by atoms with Gasteiger partial charge in [-0.1, -0.05) is 188 Å². The monoisotopic (exact) mass is 848 g/mol. The maximum absolute atomic E-state index is 3.02. The highest BCUT2D eigenvalue weighted by Gasteiger charge is 2.42. The number of rotatable bonds is 7. The molecule has 2 nitrogen and oxygen atoms in total. The minimum atomic E-state index is -3.02. The molecule has 0 spiro atoms. The van der Waals surface area contributed by atoms with Crippen molar-refractivity contribution >= 4 is 104 Å². The zero-order chi connectivity index (χ0) is 42.2. The molecule has 0 aliphatic rings. The van der Waals surface area contributed by atoms with Crippen LogP contribution < -0.4 is 20.7 Å². The molecular weight excluding hydrogens is 809 g/mol. The van der Waals surface area contributed by atoms with Crippen molar-refractivity contribution in [2.24, 2.45) is 0 Å². The van der Waals surface area contributed by atoms with Crippen molar-refractivity contribution in [3.8, 4) is 22.5 Å². The van der Waals surface area contributed by atoms with Gasteiger partial charge in [0.15, 0.2) is 8.07 Å². The average Bonchev–Trinajstić information content (AvgIpc) is 4.03. The van der Waals surface area contributed by atoms with Crippen LogP contribution in [-0.2, 0) is 0 Å². The van der Waals surface area contributed by atoms with Gasteiger partial charge in [0.1, 0.15) is 0 Å². The van der Waals surface area contributed by atoms with Crippen LogP contribution in [0.3, 0.4) is 0 Å². The zero-order valence-electron chi connectivity index (χ0n) is 34.9. The summed E-state index contributed by atoms with van der Waals surface area (Å²) in [7, 11) is -3.02. The van der Waals surface area contributed by atoms with Crippen LogP contribution in [0.15, 0.2) is 243 Å². The third kappa shape index (κ3) is 5.43. The second kappa shape index (κ2) is 14.7. The fourth-order valence-corrected chi connectivity index (χ4v) is 16.8.